The molecular weight excluding hydrogens is 245 g/mol. The third-order valence-electron chi connectivity index (χ3n) is 2.51. The summed E-state index contributed by atoms with van der Waals surface area (Å²) in [4.78, 5) is 0. The molecule has 0 amide bonds. The van der Waals surface area contributed by atoms with Crippen molar-refractivity contribution in [3.63, 3.8) is 0 Å². The third kappa shape index (κ3) is 1.99. The van der Waals surface area contributed by atoms with E-state index in [9.17, 15) is 18.3 Å². The summed E-state index contributed by atoms with van der Waals surface area (Å²) in [6.07, 6.45) is 0. The monoisotopic (exact) mass is 254 g/mol. The van der Waals surface area contributed by atoms with Gasteiger partial charge in [0, 0.05) is 5.56 Å². The fourth-order valence-corrected chi connectivity index (χ4v) is 1.63. The summed E-state index contributed by atoms with van der Waals surface area (Å²) in [5.74, 6) is -4.26. The average Bonchev–Trinajstić information content (AvgIpc) is 2.35. The lowest BCUT2D eigenvalue weighted by molar-refractivity contribution is 0.374. The Labute approximate surface area is 101 Å². The molecule has 18 heavy (non-hydrogen) atoms. The number of ether oxygens (including phenoxy) is 1. The Hall–Kier alpha value is -2.17. The minimum Gasteiger partial charge on any atom is -0.504 e. The van der Waals surface area contributed by atoms with Gasteiger partial charge in [0.2, 0.25) is 0 Å². The van der Waals surface area contributed by atoms with E-state index in [4.69, 9.17) is 4.74 Å². The van der Waals surface area contributed by atoms with Gasteiger partial charge in [-0.2, -0.15) is 0 Å². The van der Waals surface area contributed by atoms with Gasteiger partial charge >= 0.3 is 0 Å². The molecule has 0 radical (unpaired) electrons. The number of rotatable bonds is 2. The molecule has 0 saturated heterocycles. The van der Waals surface area contributed by atoms with Gasteiger partial charge in [-0.3, -0.25) is 0 Å². The molecule has 0 spiro atoms. The van der Waals surface area contributed by atoms with Crippen LogP contribution in [-0.2, 0) is 0 Å². The zero-order chi connectivity index (χ0) is 13.3. The molecule has 2 rings (SSSR count). The molecule has 2 nitrogen and oxygen atoms in total. The summed E-state index contributed by atoms with van der Waals surface area (Å²) in [6, 6.07) is 6.12. The summed E-state index contributed by atoms with van der Waals surface area (Å²) in [5, 5.41) is 9.83. The van der Waals surface area contributed by atoms with Crippen molar-refractivity contribution in [3.05, 3.63) is 47.8 Å². The second kappa shape index (κ2) is 4.60. The van der Waals surface area contributed by atoms with E-state index in [-0.39, 0.29) is 22.6 Å². The predicted octanol–water partition coefficient (Wildman–Crippen LogP) is 3.49. The summed E-state index contributed by atoms with van der Waals surface area (Å²) >= 11 is 0. The molecule has 0 aliphatic rings. The lowest BCUT2D eigenvalue weighted by Crippen LogP contribution is -1.93. The van der Waals surface area contributed by atoms with Gasteiger partial charge in [0.05, 0.1) is 7.11 Å². The molecule has 94 valence electrons. The van der Waals surface area contributed by atoms with Crippen LogP contribution < -0.4 is 4.74 Å². The Morgan fingerprint density at radius 3 is 2.22 bits per heavy atom. The molecule has 0 saturated carbocycles. The van der Waals surface area contributed by atoms with Crippen molar-refractivity contribution in [1.29, 1.82) is 0 Å². The Balaban J connectivity index is 2.62. The quantitative estimate of drug-likeness (QED) is 0.831. The first-order chi connectivity index (χ1) is 8.54. The van der Waals surface area contributed by atoms with Crippen molar-refractivity contribution >= 4 is 0 Å². The first kappa shape index (κ1) is 12.3. The topological polar surface area (TPSA) is 29.5 Å². The van der Waals surface area contributed by atoms with Crippen LogP contribution in [0.1, 0.15) is 0 Å². The van der Waals surface area contributed by atoms with Crippen molar-refractivity contribution in [1.82, 2.24) is 0 Å². The lowest BCUT2D eigenvalue weighted by Gasteiger charge is -2.09. The van der Waals surface area contributed by atoms with E-state index in [1.807, 2.05) is 0 Å². The van der Waals surface area contributed by atoms with E-state index in [1.165, 1.54) is 19.2 Å². The van der Waals surface area contributed by atoms with Crippen molar-refractivity contribution < 1.29 is 23.0 Å². The number of aromatic hydroxyl groups is 1. The highest BCUT2D eigenvalue weighted by atomic mass is 19.2. The zero-order valence-electron chi connectivity index (χ0n) is 9.38. The Kier molecular flexibility index (Phi) is 3.14. The van der Waals surface area contributed by atoms with Crippen LogP contribution >= 0.6 is 0 Å². The van der Waals surface area contributed by atoms with Crippen molar-refractivity contribution in [2.75, 3.05) is 7.11 Å². The zero-order valence-corrected chi connectivity index (χ0v) is 9.38. The summed E-state index contributed by atoms with van der Waals surface area (Å²) in [5.41, 5.74) is 0.190. The predicted molar refractivity (Wildman–Crippen MR) is 60.0 cm³/mol. The first-order valence-electron chi connectivity index (χ1n) is 5.05. The summed E-state index contributed by atoms with van der Waals surface area (Å²) in [7, 11) is 1.35. The Morgan fingerprint density at radius 2 is 1.67 bits per heavy atom. The minimum atomic E-state index is -1.54. The van der Waals surface area contributed by atoms with Gasteiger partial charge in [-0.05, 0) is 23.8 Å². The molecule has 1 N–H and O–H groups in total. The number of benzene rings is 2. The minimum absolute atomic E-state index is 0.0304. The largest absolute Gasteiger partial charge is 0.504 e. The second-order valence-electron chi connectivity index (χ2n) is 3.61. The number of phenols is 1. The Bertz CT molecular complexity index is 574. The number of para-hydroxylation sites is 1. The van der Waals surface area contributed by atoms with Crippen molar-refractivity contribution in [3.8, 4) is 22.6 Å². The van der Waals surface area contributed by atoms with Crippen LogP contribution in [0.3, 0.4) is 0 Å². The van der Waals surface area contributed by atoms with Crippen LogP contribution in [0.25, 0.3) is 11.1 Å². The van der Waals surface area contributed by atoms with Gasteiger partial charge in [-0.15, -0.1) is 0 Å². The first-order valence-corrected chi connectivity index (χ1v) is 5.05. The smallest absolute Gasteiger partial charge is 0.194 e. The maximum atomic E-state index is 13.1. The van der Waals surface area contributed by atoms with Gasteiger partial charge in [0.15, 0.2) is 29.0 Å². The highest BCUT2D eigenvalue weighted by Gasteiger charge is 2.15. The summed E-state index contributed by atoms with van der Waals surface area (Å²) in [6.45, 7) is 0. The Morgan fingerprint density at radius 1 is 1.06 bits per heavy atom. The van der Waals surface area contributed by atoms with Crippen LogP contribution in [0, 0.1) is 17.5 Å². The highest BCUT2D eigenvalue weighted by Crippen LogP contribution is 2.37. The van der Waals surface area contributed by atoms with Crippen LogP contribution in [0.4, 0.5) is 13.2 Å². The van der Waals surface area contributed by atoms with Crippen LogP contribution in [-0.4, -0.2) is 12.2 Å². The maximum absolute atomic E-state index is 13.1. The highest BCUT2D eigenvalue weighted by molar-refractivity contribution is 5.73. The maximum Gasteiger partial charge on any atom is 0.194 e. The van der Waals surface area contributed by atoms with E-state index in [0.29, 0.717) is 0 Å². The fourth-order valence-electron chi connectivity index (χ4n) is 1.63. The van der Waals surface area contributed by atoms with E-state index in [0.717, 1.165) is 12.1 Å². The average molecular weight is 254 g/mol. The number of halogens is 3. The van der Waals surface area contributed by atoms with E-state index < -0.39 is 17.5 Å². The van der Waals surface area contributed by atoms with Crippen molar-refractivity contribution in [2.45, 2.75) is 0 Å². The van der Waals surface area contributed by atoms with Gasteiger partial charge in [-0.25, -0.2) is 13.2 Å². The van der Waals surface area contributed by atoms with E-state index in [1.54, 1.807) is 6.07 Å². The van der Waals surface area contributed by atoms with Gasteiger partial charge in [0.25, 0.3) is 0 Å². The molecule has 0 aliphatic carbocycles. The SMILES string of the molecule is COc1cccc(-c2cc(F)c(F)c(F)c2)c1O. The van der Waals surface area contributed by atoms with Gasteiger partial charge in [-0.1, -0.05) is 12.1 Å². The summed E-state index contributed by atoms with van der Waals surface area (Å²) < 4.78 is 43.9. The number of methoxy groups -OCH3 is 1. The molecule has 0 bridgehead atoms. The molecular formula is C13H9F3O2. The lowest BCUT2D eigenvalue weighted by atomic mass is 10.0. The molecule has 2 aromatic rings. The third-order valence-corrected chi connectivity index (χ3v) is 2.51. The van der Waals surface area contributed by atoms with Crippen molar-refractivity contribution in [2.24, 2.45) is 0 Å². The van der Waals surface area contributed by atoms with E-state index >= 15 is 0 Å². The number of hydrogen-bond donors (Lipinski definition) is 1. The van der Waals surface area contributed by atoms with Gasteiger partial charge < -0.3 is 9.84 Å². The standard InChI is InChI=1S/C13H9F3O2/c1-18-11-4-2-3-8(13(11)17)7-5-9(14)12(16)10(15)6-7/h2-6,17H,1H3. The molecule has 0 heterocycles. The fraction of sp³-hybridized carbons (Fsp3) is 0.0769. The number of phenolic OH excluding ortho intramolecular Hbond substituents is 1. The molecule has 2 aromatic carbocycles. The van der Waals surface area contributed by atoms with Gasteiger partial charge in [0.1, 0.15) is 0 Å². The number of hydrogen-bond acceptors (Lipinski definition) is 2. The molecule has 0 atom stereocenters. The normalized spacial score (nSPS) is 10.4. The van der Waals surface area contributed by atoms with Crippen LogP contribution in [0.5, 0.6) is 11.5 Å². The molecule has 0 fully saturated rings. The van der Waals surface area contributed by atoms with Crippen LogP contribution in [0.15, 0.2) is 30.3 Å². The van der Waals surface area contributed by atoms with Crippen LogP contribution in [0.2, 0.25) is 0 Å². The van der Waals surface area contributed by atoms with E-state index in [2.05, 4.69) is 0 Å². The second-order valence-corrected chi connectivity index (χ2v) is 3.61. The molecule has 0 aliphatic heterocycles. The molecule has 0 aromatic heterocycles. The molecule has 0 unspecified atom stereocenters. The molecule has 5 heteroatoms.